The molecule has 80 valence electrons. The molecule has 0 bridgehead atoms. The number of hydrogen-bond donors (Lipinski definition) is 2. The zero-order chi connectivity index (χ0) is 11.1. The minimum absolute atomic E-state index is 0.169. The average molecular weight is 227 g/mol. The first-order valence-corrected chi connectivity index (χ1v) is 5.82. The highest BCUT2D eigenvalue weighted by molar-refractivity contribution is 7.89. The van der Waals surface area contributed by atoms with Gasteiger partial charge >= 0.3 is 5.97 Å². The molecule has 0 saturated heterocycles. The van der Waals surface area contributed by atoms with Crippen molar-refractivity contribution in [2.24, 2.45) is 0 Å². The summed E-state index contributed by atoms with van der Waals surface area (Å²) in [7, 11) is -3.67. The van der Waals surface area contributed by atoms with Crippen molar-refractivity contribution in [1.29, 1.82) is 0 Å². The molecular weight excluding hydrogens is 218 g/mol. The van der Waals surface area contributed by atoms with E-state index in [0.29, 0.717) is 5.56 Å². The van der Waals surface area contributed by atoms with Crippen molar-refractivity contribution in [1.82, 2.24) is 4.72 Å². The maximum absolute atomic E-state index is 11.6. The highest BCUT2D eigenvalue weighted by Crippen LogP contribution is 2.22. The summed E-state index contributed by atoms with van der Waals surface area (Å²) < 4.78 is 25.3. The van der Waals surface area contributed by atoms with E-state index in [1.165, 1.54) is 6.07 Å². The fraction of sp³-hybridized carbons (Fsp3) is 0.222. The summed E-state index contributed by atoms with van der Waals surface area (Å²) in [5.41, 5.74) is 0.545. The van der Waals surface area contributed by atoms with Gasteiger partial charge in [-0.3, -0.25) is 4.79 Å². The van der Waals surface area contributed by atoms with Gasteiger partial charge in [-0.1, -0.05) is 18.2 Å². The summed E-state index contributed by atoms with van der Waals surface area (Å²) in [6.45, 7) is 0. The van der Waals surface area contributed by atoms with E-state index in [1.807, 2.05) is 0 Å². The van der Waals surface area contributed by atoms with Crippen LogP contribution in [0.25, 0.3) is 0 Å². The largest absolute Gasteiger partial charge is 0.480 e. The minimum atomic E-state index is -3.67. The summed E-state index contributed by atoms with van der Waals surface area (Å²) in [6.07, 6.45) is 0.185. The van der Waals surface area contributed by atoms with Crippen LogP contribution in [0, 0.1) is 0 Å². The molecule has 5 nitrogen and oxygen atoms in total. The fourth-order valence-electron chi connectivity index (χ4n) is 1.58. The summed E-state index contributed by atoms with van der Waals surface area (Å²) >= 11 is 0. The van der Waals surface area contributed by atoms with E-state index in [4.69, 9.17) is 5.11 Å². The molecule has 1 aromatic rings. The zero-order valence-electron chi connectivity index (χ0n) is 7.67. The molecule has 1 aliphatic rings. The summed E-state index contributed by atoms with van der Waals surface area (Å²) in [5.74, 6) is -1.16. The van der Waals surface area contributed by atoms with E-state index < -0.39 is 22.0 Å². The third-order valence-electron chi connectivity index (χ3n) is 2.28. The lowest BCUT2D eigenvalue weighted by atomic mass is 10.1. The second-order valence-electron chi connectivity index (χ2n) is 3.32. The van der Waals surface area contributed by atoms with Gasteiger partial charge in [0, 0.05) is 6.42 Å². The van der Waals surface area contributed by atoms with E-state index >= 15 is 0 Å². The Morgan fingerprint density at radius 1 is 1.40 bits per heavy atom. The maximum atomic E-state index is 11.6. The van der Waals surface area contributed by atoms with Crippen molar-refractivity contribution < 1.29 is 18.3 Å². The highest BCUT2D eigenvalue weighted by Gasteiger charge is 2.32. The lowest BCUT2D eigenvalue weighted by molar-refractivity contribution is -0.139. The fourth-order valence-corrected chi connectivity index (χ4v) is 3.02. The molecule has 1 atom stereocenters. The number of aliphatic carboxylic acids is 1. The van der Waals surface area contributed by atoms with Gasteiger partial charge in [-0.05, 0) is 11.6 Å². The van der Waals surface area contributed by atoms with Crippen molar-refractivity contribution in [2.45, 2.75) is 17.4 Å². The van der Waals surface area contributed by atoms with Crippen molar-refractivity contribution in [3.8, 4) is 0 Å². The smallest absolute Gasteiger partial charge is 0.322 e. The quantitative estimate of drug-likeness (QED) is 0.706. The lowest BCUT2D eigenvalue weighted by Crippen LogP contribution is -2.45. The molecule has 1 aliphatic heterocycles. The summed E-state index contributed by atoms with van der Waals surface area (Å²) in [6, 6.07) is 5.34. The number of rotatable bonds is 1. The summed E-state index contributed by atoms with van der Waals surface area (Å²) in [4.78, 5) is 10.9. The molecule has 0 saturated carbocycles. The maximum Gasteiger partial charge on any atom is 0.322 e. The standard InChI is InChI=1S/C9H9NO4S/c11-9(12)7-5-6-3-1-2-4-8(6)15(13,14)10-7/h1-4,7,10H,5H2,(H,11,12)/t7-/m1/s1. The van der Waals surface area contributed by atoms with E-state index in [1.54, 1.807) is 18.2 Å². The highest BCUT2D eigenvalue weighted by atomic mass is 32.2. The van der Waals surface area contributed by atoms with Gasteiger partial charge in [-0.25, -0.2) is 8.42 Å². The van der Waals surface area contributed by atoms with Crippen LogP contribution >= 0.6 is 0 Å². The molecule has 0 aliphatic carbocycles. The monoisotopic (exact) mass is 227 g/mol. The van der Waals surface area contributed by atoms with Gasteiger partial charge in [0.05, 0.1) is 4.90 Å². The second-order valence-corrected chi connectivity index (χ2v) is 5.01. The van der Waals surface area contributed by atoms with Crippen LogP contribution in [0.15, 0.2) is 29.2 Å². The first kappa shape index (κ1) is 10.1. The van der Waals surface area contributed by atoms with Gasteiger partial charge in [0.2, 0.25) is 10.0 Å². The van der Waals surface area contributed by atoms with Gasteiger partial charge < -0.3 is 5.11 Å². The van der Waals surface area contributed by atoms with Crippen LogP contribution in [0.3, 0.4) is 0 Å². The van der Waals surface area contributed by atoms with Crippen LogP contribution in [-0.2, 0) is 21.2 Å². The molecule has 6 heteroatoms. The molecule has 1 aromatic carbocycles. The van der Waals surface area contributed by atoms with E-state index in [0.717, 1.165) is 0 Å². The summed E-state index contributed by atoms with van der Waals surface area (Å²) in [5, 5.41) is 8.77. The minimum Gasteiger partial charge on any atom is -0.480 e. The van der Waals surface area contributed by atoms with Crippen LogP contribution in [0.2, 0.25) is 0 Å². The Bertz CT molecular complexity index is 509. The Morgan fingerprint density at radius 2 is 2.07 bits per heavy atom. The van der Waals surface area contributed by atoms with Gasteiger partial charge in [0.25, 0.3) is 0 Å². The van der Waals surface area contributed by atoms with Gasteiger partial charge in [0.15, 0.2) is 0 Å². The predicted octanol–water partition coefficient (Wildman–Crippen LogP) is -0.0258. The van der Waals surface area contributed by atoms with Gasteiger partial charge in [0.1, 0.15) is 6.04 Å². The Kier molecular flexibility index (Phi) is 2.24. The van der Waals surface area contributed by atoms with Crippen molar-refractivity contribution in [3.63, 3.8) is 0 Å². The Morgan fingerprint density at radius 3 is 2.73 bits per heavy atom. The zero-order valence-corrected chi connectivity index (χ0v) is 8.49. The predicted molar refractivity (Wildman–Crippen MR) is 51.9 cm³/mol. The van der Waals surface area contributed by atoms with E-state index in [2.05, 4.69) is 4.72 Å². The number of carboxylic acid groups (broad SMARTS) is 1. The van der Waals surface area contributed by atoms with Crippen LogP contribution in [0.1, 0.15) is 5.56 Å². The second kappa shape index (κ2) is 3.32. The number of benzene rings is 1. The molecular formula is C9H9NO4S. The van der Waals surface area contributed by atoms with E-state index in [-0.39, 0.29) is 11.3 Å². The number of carbonyl (C=O) groups is 1. The first-order valence-electron chi connectivity index (χ1n) is 4.34. The molecule has 0 amide bonds. The molecule has 0 unspecified atom stereocenters. The van der Waals surface area contributed by atoms with Crippen molar-refractivity contribution in [3.05, 3.63) is 29.8 Å². The SMILES string of the molecule is O=C(O)[C@H]1Cc2ccccc2S(=O)(=O)N1. The number of hydrogen-bond acceptors (Lipinski definition) is 3. The number of carboxylic acids is 1. The molecule has 2 rings (SSSR count). The first-order chi connectivity index (χ1) is 7.00. The van der Waals surface area contributed by atoms with Gasteiger partial charge in [-0.15, -0.1) is 0 Å². The normalized spacial score (nSPS) is 23.1. The van der Waals surface area contributed by atoms with Crippen LogP contribution in [0.5, 0.6) is 0 Å². The van der Waals surface area contributed by atoms with E-state index in [9.17, 15) is 13.2 Å². The van der Waals surface area contributed by atoms with Gasteiger partial charge in [-0.2, -0.15) is 4.72 Å². The Hall–Kier alpha value is -1.40. The molecule has 0 aromatic heterocycles. The molecule has 0 fully saturated rings. The molecule has 15 heavy (non-hydrogen) atoms. The average Bonchev–Trinajstić information content (AvgIpc) is 2.16. The van der Waals surface area contributed by atoms with Crippen LogP contribution in [-0.4, -0.2) is 25.5 Å². The Labute approximate surface area is 86.8 Å². The number of sulfonamides is 1. The topological polar surface area (TPSA) is 83.5 Å². The van der Waals surface area contributed by atoms with Crippen molar-refractivity contribution in [2.75, 3.05) is 0 Å². The molecule has 0 spiro atoms. The number of nitrogens with one attached hydrogen (secondary N) is 1. The molecule has 2 N–H and O–H groups in total. The Balaban J connectivity index is 2.53. The lowest BCUT2D eigenvalue weighted by Gasteiger charge is -2.22. The van der Waals surface area contributed by atoms with Crippen LogP contribution < -0.4 is 4.72 Å². The van der Waals surface area contributed by atoms with Crippen LogP contribution in [0.4, 0.5) is 0 Å². The third-order valence-corrected chi connectivity index (χ3v) is 3.85. The molecule has 1 heterocycles. The van der Waals surface area contributed by atoms with Crippen molar-refractivity contribution >= 4 is 16.0 Å². The third kappa shape index (κ3) is 1.73. The molecule has 0 radical (unpaired) electrons. The number of fused-ring (bicyclic) bond motifs is 1.